The normalized spacial score (nSPS) is 28.0. The Morgan fingerprint density at radius 1 is 1.43 bits per heavy atom. The van der Waals surface area contributed by atoms with Crippen molar-refractivity contribution in [2.24, 2.45) is 0 Å². The average molecular weight is 335 g/mol. The summed E-state index contributed by atoms with van der Waals surface area (Å²) in [6.07, 6.45) is -0.238. The Balaban J connectivity index is 2.61. The zero-order chi connectivity index (χ0) is 16.3. The summed E-state index contributed by atoms with van der Waals surface area (Å²) in [5, 5.41) is 10.1. The maximum atomic E-state index is 11.9. The van der Waals surface area contributed by atoms with Gasteiger partial charge in [-0.15, -0.1) is 11.8 Å². The van der Waals surface area contributed by atoms with Crippen molar-refractivity contribution < 1.29 is 19.1 Å². The zero-order valence-corrected chi connectivity index (χ0v) is 16.0. The summed E-state index contributed by atoms with van der Waals surface area (Å²) in [6, 6.07) is 0. The predicted molar refractivity (Wildman–Crippen MR) is 90.2 cm³/mol. The third-order valence-corrected chi connectivity index (χ3v) is 10.1. The Morgan fingerprint density at radius 3 is 2.57 bits per heavy atom. The number of hydrogen-bond acceptors (Lipinski definition) is 5. The van der Waals surface area contributed by atoms with E-state index in [-0.39, 0.29) is 16.3 Å². The number of rotatable bonds is 6. The molecule has 1 N–H and O–H groups in total. The van der Waals surface area contributed by atoms with Crippen LogP contribution in [0.1, 0.15) is 40.5 Å². The Morgan fingerprint density at radius 2 is 2.05 bits per heavy atom. The van der Waals surface area contributed by atoms with Crippen molar-refractivity contribution in [2.45, 2.75) is 76.3 Å². The number of aliphatic hydroxyl groups is 1. The molecule has 1 fully saturated rings. The lowest BCUT2D eigenvalue weighted by Gasteiger charge is -2.39. The minimum absolute atomic E-state index is 0.104. The summed E-state index contributed by atoms with van der Waals surface area (Å²) in [7, 11) is -1.90. The van der Waals surface area contributed by atoms with Crippen LogP contribution in [0.4, 0.5) is 0 Å². The first-order valence-corrected chi connectivity index (χ1v) is 11.7. The van der Waals surface area contributed by atoms with Gasteiger partial charge in [-0.2, -0.15) is 0 Å². The molecular weight excluding hydrogens is 304 g/mol. The molecule has 4 nitrogen and oxygen atoms in total. The maximum Gasteiger partial charge on any atom is 0.192 e. The van der Waals surface area contributed by atoms with E-state index >= 15 is 0 Å². The van der Waals surface area contributed by atoms with Crippen LogP contribution in [0.5, 0.6) is 0 Å². The van der Waals surface area contributed by atoms with E-state index in [4.69, 9.17) is 9.16 Å². The molecule has 0 saturated carbocycles. The van der Waals surface area contributed by atoms with Crippen LogP contribution < -0.4 is 0 Å². The average Bonchev–Trinajstić information content (AvgIpc) is 2.37. The molecule has 1 rings (SSSR count). The first-order valence-electron chi connectivity index (χ1n) is 7.70. The first-order chi connectivity index (χ1) is 9.58. The van der Waals surface area contributed by atoms with Gasteiger partial charge in [0.05, 0.1) is 6.61 Å². The van der Waals surface area contributed by atoms with Crippen molar-refractivity contribution in [1.82, 2.24) is 0 Å². The van der Waals surface area contributed by atoms with E-state index in [1.54, 1.807) is 11.8 Å². The van der Waals surface area contributed by atoms with Crippen molar-refractivity contribution in [1.29, 1.82) is 0 Å². The van der Waals surface area contributed by atoms with Gasteiger partial charge in [0.1, 0.15) is 17.6 Å². The minimum Gasteiger partial charge on any atom is -0.414 e. The fraction of sp³-hybridized carbons (Fsp3) is 0.933. The van der Waals surface area contributed by atoms with E-state index in [1.165, 1.54) is 0 Å². The summed E-state index contributed by atoms with van der Waals surface area (Å²) >= 11 is 1.65. The highest BCUT2D eigenvalue weighted by Gasteiger charge is 2.41. The molecule has 1 aliphatic rings. The maximum absolute atomic E-state index is 11.9. The molecule has 0 aromatic carbocycles. The summed E-state index contributed by atoms with van der Waals surface area (Å²) in [5.74, 6) is 0.836. The topological polar surface area (TPSA) is 55.8 Å². The Hall–Kier alpha value is 0.117. The van der Waals surface area contributed by atoms with Gasteiger partial charge in [0.15, 0.2) is 14.1 Å². The predicted octanol–water partition coefficient (Wildman–Crippen LogP) is 3.20. The SMILES string of the molecule is CCCS[C@@H]1CC(=O)[C@H](O)[C@@H](CO[Si](C)(C)C(C)(C)C)O1. The summed E-state index contributed by atoms with van der Waals surface area (Å²) in [6.45, 7) is 13.2. The Labute approximate surface area is 134 Å². The number of Topliss-reactive ketones (excluding diaryl/α,β-unsaturated/α-hetero) is 1. The Bertz CT molecular complexity index is 354. The molecule has 0 spiro atoms. The largest absolute Gasteiger partial charge is 0.414 e. The zero-order valence-electron chi connectivity index (χ0n) is 14.1. The van der Waals surface area contributed by atoms with E-state index in [1.807, 2.05) is 0 Å². The molecule has 0 aliphatic carbocycles. The van der Waals surface area contributed by atoms with Gasteiger partial charge in [0.2, 0.25) is 0 Å². The summed E-state index contributed by atoms with van der Waals surface area (Å²) in [4.78, 5) is 11.9. The van der Waals surface area contributed by atoms with Crippen LogP contribution in [0.15, 0.2) is 0 Å². The van der Waals surface area contributed by atoms with Crippen molar-refractivity contribution in [3.63, 3.8) is 0 Å². The molecule has 0 radical (unpaired) electrons. The lowest BCUT2D eigenvalue weighted by Crippen LogP contribution is -2.50. The third kappa shape index (κ3) is 5.35. The summed E-state index contributed by atoms with van der Waals surface area (Å²) in [5.41, 5.74) is -0.145. The Kier molecular flexibility index (Phi) is 6.93. The molecule has 0 amide bonds. The second-order valence-electron chi connectivity index (χ2n) is 7.16. The van der Waals surface area contributed by atoms with Crippen molar-refractivity contribution >= 4 is 25.9 Å². The van der Waals surface area contributed by atoms with Crippen molar-refractivity contribution in [3.05, 3.63) is 0 Å². The van der Waals surface area contributed by atoms with Crippen LogP contribution in [0.2, 0.25) is 18.1 Å². The highest BCUT2D eigenvalue weighted by molar-refractivity contribution is 7.99. The number of hydrogen-bond donors (Lipinski definition) is 1. The molecule has 0 bridgehead atoms. The van der Waals surface area contributed by atoms with E-state index in [9.17, 15) is 9.90 Å². The van der Waals surface area contributed by atoms with Crippen molar-refractivity contribution in [3.8, 4) is 0 Å². The molecule has 0 unspecified atom stereocenters. The van der Waals surface area contributed by atoms with Crippen molar-refractivity contribution in [2.75, 3.05) is 12.4 Å². The standard InChI is InChI=1S/C15H30O4SSi/c1-7-8-20-13-9-11(16)14(17)12(19-13)10-18-21(5,6)15(2,3)4/h12-14,17H,7-10H2,1-6H3/t12-,13-,14+/m1/s1. The highest BCUT2D eigenvalue weighted by atomic mass is 32.2. The fourth-order valence-electron chi connectivity index (χ4n) is 1.79. The van der Waals surface area contributed by atoms with E-state index < -0.39 is 20.5 Å². The van der Waals surface area contributed by atoms with E-state index in [0.29, 0.717) is 13.0 Å². The lowest BCUT2D eigenvalue weighted by molar-refractivity contribution is -0.153. The molecule has 1 saturated heterocycles. The van der Waals surface area contributed by atoms with Gasteiger partial charge in [-0.25, -0.2) is 0 Å². The number of carbonyl (C=O) groups is 1. The van der Waals surface area contributed by atoms with Crippen LogP contribution in [-0.4, -0.2) is 49.2 Å². The van der Waals surface area contributed by atoms with Crippen LogP contribution in [-0.2, 0) is 14.0 Å². The van der Waals surface area contributed by atoms with Gasteiger partial charge in [-0.1, -0.05) is 27.7 Å². The smallest absolute Gasteiger partial charge is 0.192 e. The van der Waals surface area contributed by atoms with Gasteiger partial charge in [-0.3, -0.25) is 4.79 Å². The molecule has 0 aromatic heterocycles. The molecule has 1 heterocycles. The van der Waals surface area contributed by atoms with Gasteiger partial charge in [0.25, 0.3) is 0 Å². The molecule has 0 aromatic rings. The van der Waals surface area contributed by atoms with E-state index in [2.05, 4.69) is 40.8 Å². The summed E-state index contributed by atoms with van der Waals surface area (Å²) < 4.78 is 12.0. The highest BCUT2D eigenvalue weighted by Crippen LogP contribution is 2.37. The van der Waals surface area contributed by atoms with E-state index in [0.717, 1.165) is 12.2 Å². The second-order valence-corrected chi connectivity index (χ2v) is 13.2. The molecule has 3 atom stereocenters. The molecular formula is C15H30O4SSi. The molecule has 21 heavy (non-hydrogen) atoms. The molecule has 1 aliphatic heterocycles. The number of carbonyl (C=O) groups excluding carboxylic acids is 1. The van der Waals surface area contributed by atoms with Crippen LogP contribution in [0, 0.1) is 0 Å². The quantitative estimate of drug-likeness (QED) is 0.756. The fourth-order valence-corrected chi connectivity index (χ4v) is 3.81. The lowest BCUT2D eigenvalue weighted by atomic mass is 10.1. The number of ether oxygens (including phenoxy) is 1. The van der Waals surface area contributed by atoms with Gasteiger partial charge in [0, 0.05) is 6.42 Å². The number of thioether (sulfide) groups is 1. The van der Waals surface area contributed by atoms with Gasteiger partial charge in [-0.05, 0) is 30.3 Å². The van der Waals surface area contributed by atoms with Crippen LogP contribution >= 0.6 is 11.8 Å². The number of aliphatic hydroxyl groups excluding tert-OH is 1. The van der Waals surface area contributed by atoms with Gasteiger partial charge < -0.3 is 14.3 Å². The first kappa shape index (κ1) is 19.2. The number of ketones is 1. The van der Waals surface area contributed by atoms with Crippen LogP contribution in [0.3, 0.4) is 0 Å². The molecule has 124 valence electrons. The van der Waals surface area contributed by atoms with Gasteiger partial charge >= 0.3 is 0 Å². The monoisotopic (exact) mass is 334 g/mol. The minimum atomic E-state index is -1.90. The molecule has 6 heteroatoms. The third-order valence-electron chi connectivity index (χ3n) is 4.30. The van der Waals surface area contributed by atoms with Crippen LogP contribution in [0.25, 0.3) is 0 Å². The second kappa shape index (κ2) is 7.59.